The van der Waals surface area contributed by atoms with E-state index < -0.39 is 0 Å². The zero-order valence-corrected chi connectivity index (χ0v) is 26.7. The van der Waals surface area contributed by atoms with Crippen LogP contribution < -0.4 is 10.3 Å². The molecule has 0 aliphatic heterocycles. The van der Waals surface area contributed by atoms with Crippen molar-refractivity contribution in [3.8, 4) is 5.75 Å². The summed E-state index contributed by atoms with van der Waals surface area (Å²) in [6.45, 7) is 7.01. The van der Waals surface area contributed by atoms with Gasteiger partial charge in [0, 0.05) is 23.1 Å². The Balaban J connectivity index is 1.36. The van der Waals surface area contributed by atoms with Gasteiger partial charge in [0.15, 0.2) is 0 Å². The summed E-state index contributed by atoms with van der Waals surface area (Å²) in [6, 6.07) is 35.0. The van der Waals surface area contributed by atoms with E-state index in [0.29, 0.717) is 18.9 Å². The number of ether oxygens (including phenoxy) is 1. The standard InChI is InChI=1S/C40H41N3O2/c1-27-12-11-17-36(27)38-25-34(42-43(40(38)44)26-30-18-20-35(45-4)21-19-30)24-37-28(2)22-33(23-29(37)3)41-39(31-13-7-5-8-14-31)32-15-9-6-10-16-32/h5-10,13-16,18-23,25,27,36H,11-12,17,24,26H2,1-4H3. The van der Waals surface area contributed by atoms with E-state index in [1.54, 1.807) is 11.8 Å². The van der Waals surface area contributed by atoms with Crippen LogP contribution in [0.1, 0.15) is 76.7 Å². The fourth-order valence-electron chi connectivity index (χ4n) is 6.70. The van der Waals surface area contributed by atoms with E-state index in [9.17, 15) is 4.79 Å². The molecule has 5 nitrogen and oxygen atoms in total. The number of hydrogen-bond acceptors (Lipinski definition) is 4. The van der Waals surface area contributed by atoms with Crippen LogP contribution in [0.5, 0.6) is 5.75 Å². The zero-order valence-electron chi connectivity index (χ0n) is 26.7. The molecule has 5 heteroatoms. The van der Waals surface area contributed by atoms with Crippen molar-refractivity contribution in [2.24, 2.45) is 10.9 Å². The van der Waals surface area contributed by atoms with Crippen molar-refractivity contribution in [1.82, 2.24) is 9.78 Å². The van der Waals surface area contributed by atoms with Gasteiger partial charge >= 0.3 is 0 Å². The van der Waals surface area contributed by atoms with E-state index in [1.807, 2.05) is 36.4 Å². The van der Waals surface area contributed by atoms with Crippen molar-refractivity contribution < 1.29 is 4.74 Å². The lowest BCUT2D eigenvalue weighted by molar-refractivity contribution is 0.414. The molecule has 1 aliphatic carbocycles. The maximum absolute atomic E-state index is 13.8. The molecule has 0 N–H and O–H groups in total. The minimum absolute atomic E-state index is 0.0285. The predicted octanol–water partition coefficient (Wildman–Crippen LogP) is 8.58. The average Bonchev–Trinajstić information content (AvgIpc) is 3.49. The molecule has 0 spiro atoms. The summed E-state index contributed by atoms with van der Waals surface area (Å²) in [7, 11) is 1.66. The van der Waals surface area contributed by atoms with Crippen LogP contribution in [0.3, 0.4) is 0 Å². The van der Waals surface area contributed by atoms with E-state index in [-0.39, 0.29) is 11.5 Å². The van der Waals surface area contributed by atoms with Crippen LogP contribution >= 0.6 is 0 Å². The molecule has 2 unspecified atom stereocenters. The molecule has 1 heterocycles. The molecule has 0 radical (unpaired) electrons. The van der Waals surface area contributed by atoms with Gasteiger partial charge in [0.05, 0.1) is 30.7 Å². The number of methoxy groups -OCH3 is 1. The Kier molecular flexibility index (Phi) is 9.06. The number of nitrogens with zero attached hydrogens (tertiary/aromatic N) is 3. The van der Waals surface area contributed by atoms with Crippen LogP contribution in [0, 0.1) is 19.8 Å². The van der Waals surface area contributed by atoms with Gasteiger partial charge in [0.25, 0.3) is 5.56 Å². The number of benzene rings is 4. The Bertz CT molecular complexity index is 1790. The fraction of sp³-hybridized carbons (Fsp3) is 0.275. The SMILES string of the molecule is COc1ccc(Cn2nc(Cc3c(C)cc(N=C(c4ccccc4)c4ccccc4)cc3C)cc(C3CCCC3C)c2=O)cc1. The Labute approximate surface area is 266 Å². The first-order valence-electron chi connectivity index (χ1n) is 15.9. The molecule has 45 heavy (non-hydrogen) atoms. The predicted molar refractivity (Wildman–Crippen MR) is 183 cm³/mol. The first kappa shape index (κ1) is 30.3. The second-order valence-electron chi connectivity index (χ2n) is 12.3. The minimum Gasteiger partial charge on any atom is -0.497 e. The number of aromatic nitrogens is 2. The van der Waals surface area contributed by atoms with Gasteiger partial charge in [-0.25, -0.2) is 9.67 Å². The van der Waals surface area contributed by atoms with Crippen LogP contribution in [-0.4, -0.2) is 22.6 Å². The first-order chi connectivity index (χ1) is 21.9. The molecule has 1 saturated carbocycles. The maximum Gasteiger partial charge on any atom is 0.270 e. The maximum atomic E-state index is 13.8. The molecule has 228 valence electrons. The molecular formula is C40H41N3O2. The van der Waals surface area contributed by atoms with E-state index >= 15 is 0 Å². The van der Waals surface area contributed by atoms with Crippen molar-refractivity contribution in [3.63, 3.8) is 0 Å². The fourth-order valence-corrected chi connectivity index (χ4v) is 6.70. The highest BCUT2D eigenvalue weighted by Crippen LogP contribution is 2.38. The smallest absolute Gasteiger partial charge is 0.270 e. The van der Waals surface area contributed by atoms with Gasteiger partial charge in [0.2, 0.25) is 0 Å². The Morgan fingerprint density at radius 1 is 0.867 bits per heavy atom. The van der Waals surface area contributed by atoms with Gasteiger partial charge < -0.3 is 4.74 Å². The molecule has 1 aromatic heterocycles. The van der Waals surface area contributed by atoms with Gasteiger partial charge in [-0.3, -0.25) is 4.79 Å². The van der Waals surface area contributed by atoms with Crippen LogP contribution in [0.25, 0.3) is 0 Å². The Morgan fingerprint density at radius 3 is 2.04 bits per heavy atom. The van der Waals surface area contributed by atoms with E-state index in [4.69, 9.17) is 14.8 Å². The summed E-state index contributed by atoms with van der Waals surface area (Å²) >= 11 is 0. The Hall–Kier alpha value is -4.77. The summed E-state index contributed by atoms with van der Waals surface area (Å²) in [6.07, 6.45) is 4.03. The monoisotopic (exact) mass is 595 g/mol. The lowest BCUT2D eigenvalue weighted by Crippen LogP contribution is -2.30. The van der Waals surface area contributed by atoms with Crippen molar-refractivity contribution in [2.75, 3.05) is 7.11 Å². The molecule has 0 bridgehead atoms. The molecule has 6 rings (SSSR count). The molecular weight excluding hydrogens is 554 g/mol. The van der Waals surface area contributed by atoms with Crippen LogP contribution in [-0.2, 0) is 13.0 Å². The molecule has 2 atom stereocenters. The number of aryl methyl sites for hydroxylation is 2. The third-order valence-corrected chi connectivity index (χ3v) is 9.18. The van der Waals surface area contributed by atoms with Crippen molar-refractivity contribution in [3.05, 3.63) is 158 Å². The normalized spacial score (nSPS) is 16.0. The van der Waals surface area contributed by atoms with E-state index in [1.165, 1.54) is 16.7 Å². The zero-order chi connectivity index (χ0) is 31.3. The molecule has 1 aliphatic rings. The highest BCUT2D eigenvalue weighted by atomic mass is 16.5. The van der Waals surface area contributed by atoms with Crippen molar-refractivity contribution in [1.29, 1.82) is 0 Å². The third kappa shape index (κ3) is 6.83. The number of hydrogen-bond donors (Lipinski definition) is 0. The summed E-state index contributed by atoms with van der Waals surface area (Å²) in [5, 5.41) is 4.94. The van der Waals surface area contributed by atoms with Gasteiger partial charge in [-0.05, 0) is 84.7 Å². The molecule has 0 saturated heterocycles. The summed E-state index contributed by atoms with van der Waals surface area (Å²) < 4.78 is 7.01. The lowest BCUT2D eigenvalue weighted by Gasteiger charge is -2.19. The van der Waals surface area contributed by atoms with Crippen LogP contribution in [0.2, 0.25) is 0 Å². The van der Waals surface area contributed by atoms with Crippen LogP contribution in [0.15, 0.2) is 113 Å². The molecule has 4 aromatic carbocycles. The molecule has 5 aromatic rings. The van der Waals surface area contributed by atoms with Gasteiger partial charge in [-0.15, -0.1) is 0 Å². The highest BCUT2D eigenvalue weighted by molar-refractivity contribution is 6.13. The highest BCUT2D eigenvalue weighted by Gasteiger charge is 2.28. The van der Waals surface area contributed by atoms with Crippen LogP contribution in [0.4, 0.5) is 5.69 Å². The molecule has 1 fully saturated rings. The third-order valence-electron chi connectivity index (χ3n) is 9.18. The lowest BCUT2D eigenvalue weighted by atomic mass is 9.90. The quantitative estimate of drug-likeness (QED) is 0.160. The second kappa shape index (κ2) is 13.5. The Morgan fingerprint density at radius 2 is 1.49 bits per heavy atom. The van der Waals surface area contributed by atoms with Gasteiger partial charge in [-0.1, -0.05) is 92.6 Å². The van der Waals surface area contributed by atoms with Crippen molar-refractivity contribution in [2.45, 2.75) is 58.9 Å². The second-order valence-corrected chi connectivity index (χ2v) is 12.3. The van der Waals surface area contributed by atoms with Gasteiger partial charge in [-0.2, -0.15) is 5.10 Å². The first-order valence-corrected chi connectivity index (χ1v) is 15.9. The minimum atomic E-state index is 0.0285. The summed E-state index contributed by atoms with van der Waals surface area (Å²) in [5.41, 5.74) is 10.5. The molecule has 0 amide bonds. The van der Waals surface area contributed by atoms with Crippen molar-refractivity contribution >= 4 is 11.4 Å². The number of rotatable bonds is 9. The largest absolute Gasteiger partial charge is 0.497 e. The summed E-state index contributed by atoms with van der Waals surface area (Å²) in [4.78, 5) is 19.0. The average molecular weight is 596 g/mol. The number of aliphatic imine (C=N–C) groups is 1. The van der Waals surface area contributed by atoms with E-state index in [0.717, 1.165) is 64.4 Å². The van der Waals surface area contributed by atoms with Gasteiger partial charge in [0.1, 0.15) is 5.75 Å². The topological polar surface area (TPSA) is 56.5 Å². The van der Waals surface area contributed by atoms with E-state index in [2.05, 4.69) is 87.5 Å². The summed E-state index contributed by atoms with van der Waals surface area (Å²) in [5.74, 6) is 1.56.